The van der Waals surface area contributed by atoms with Crippen LogP contribution in [0, 0.1) is 0 Å². The maximum absolute atomic E-state index is 13.1. The van der Waals surface area contributed by atoms with Gasteiger partial charge in [0.25, 0.3) is 0 Å². The molecule has 0 spiro atoms. The molecule has 2 heterocycles. The number of benzene rings is 1. The second-order valence-electron chi connectivity index (χ2n) is 7.68. The van der Waals surface area contributed by atoms with E-state index >= 15 is 0 Å². The van der Waals surface area contributed by atoms with Crippen LogP contribution >= 0.6 is 23.1 Å². The van der Waals surface area contributed by atoms with Gasteiger partial charge in [0.1, 0.15) is 5.00 Å². The molecule has 0 saturated carbocycles. The molecule has 7 heteroatoms. The van der Waals surface area contributed by atoms with Gasteiger partial charge in [0, 0.05) is 33.4 Å². The predicted octanol–water partition coefficient (Wildman–Crippen LogP) is 5.90. The Labute approximate surface area is 191 Å². The van der Waals surface area contributed by atoms with E-state index in [2.05, 4.69) is 35.1 Å². The summed E-state index contributed by atoms with van der Waals surface area (Å²) in [5.74, 6) is -0.425. The number of esters is 1. The molecule has 1 N–H and O–H groups in total. The van der Waals surface area contributed by atoms with Gasteiger partial charge >= 0.3 is 5.97 Å². The summed E-state index contributed by atoms with van der Waals surface area (Å²) < 4.78 is 7.51. The Morgan fingerprint density at radius 3 is 2.77 bits per heavy atom. The molecule has 1 amide bonds. The summed E-state index contributed by atoms with van der Waals surface area (Å²) in [5.41, 5.74) is 2.81. The van der Waals surface area contributed by atoms with Crippen molar-refractivity contribution in [2.75, 3.05) is 11.9 Å². The van der Waals surface area contributed by atoms with Gasteiger partial charge in [0.2, 0.25) is 5.91 Å². The lowest BCUT2D eigenvalue weighted by Gasteiger charge is -2.13. The molecule has 1 aromatic carbocycles. The van der Waals surface area contributed by atoms with Crippen LogP contribution in [0.4, 0.5) is 5.00 Å². The fourth-order valence-electron chi connectivity index (χ4n) is 4.10. The number of fused-ring (bicyclic) bond motifs is 2. The molecule has 5 nitrogen and oxygen atoms in total. The van der Waals surface area contributed by atoms with Crippen LogP contribution in [0.5, 0.6) is 0 Å². The quantitative estimate of drug-likeness (QED) is 0.355. The maximum atomic E-state index is 13.1. The van der Waals surface area contributed by atoms with E-state index in [1.165, 1.54) is 21.7 Å². The highest BCUT2D eigenvalue weighted by molar-refractivity contribution is 8.00. The molecule has 1 aliphatic carbocycles. The van der Waals surface area contributed by atoms with E-state index in [0.29, 0.717) is 17.2 Å². The van der Waals surface area contributed by atoms with Crippen LogP contribution in [-0.2, 0) is 28.9 Å². The SMILES string of the molecule is CCOC(=O)c1c(NC(=O)C(C)Sc2cn(CC)c3ccccc23)sc2c1CCCC2. The van der Waals surface area contributed by atoms with Gasteiger partial charge in [0.15, 0.2) is 0 Å². The molecule has 0 fully saturated rings. The van der Waals surface area contributed by atoms with Crippen LogP contribution in [0.1, 0.15) is 54.4 Å². The van der Waals surface area contributed by atoms with Gasteiger partial charge in [-0.1, -0.05) is 18.2 Å². The first-order chi connectivity index (χ1) is 15.0. The van der Waals surface area contributed by atoms with Gasteiger partial charge < -0.3 is 14.6 Å². The van der Waals surface area contributed by atoms with Gasteiger partial charge in [-0.15, -0.1) is 23.1 Å². The number of carbonyl (C=O) groups excluding carboxylic acids is 2. The Morgan fingerprint density at radius 1 is 1.23 bits per heavy atom. The van der Waals surface area contributed by atoms with Crippen molar-refractivity contribution < 1.29 is 14.3 Å². The summed E-state index contributed by atoms with van der Waals surface area (Å²) in [5, 5.41) is 4.54. The highest BCUT2D eigenvalue weighted by Gasteiger charge is 2.28. The second kappa shape index (κ2) is 9.49. The number of anilines is 1. The van der Waals surface area contributed by atoms with Gasteiger partial charge in [0.05, 0.1) is 17.4 Å². The van der Waals surface area contributed by atoms with Crippen molar-refractivity contribution >= 4 is 50.9 Å². The molecule has 1 unspecified atom stereocenters. The summed E-state index contributed by atoms with van der Waals surface area (Å²) in [4.78, 5) is 28.0. The van der Waals surface area contributed by atoms with Crippen molar-refractivity contribution in [2.24, 2.45) is 0 Å². The minimum atomic E-state index is -0.330. The van der Waals surface area contributed by atoms with E-state index in [4.69, 9.17) is 4.74 Å². The molecule has 0 saturated heterocycles. The van der Waals surface area contributed by atoms with Crippen LogP contribution < -0.4 is 5.32 Å². The summed E-state index contributed by atoms with van der Waals surface area (Å²) in [6.07, 6.45) is 6.14. The molecular weight excluding hydrogens is 428 g/mol. The number of hydrogen-bond donors (Lipinski definition) is 1. The zero-order valence-corrected chi connectivity index (χ0v) is 19.8. The lowest BCUT2D eigenvalue weighted by molar-refractivity contribution is -0.115. The Balaban J connectivity index is 1.56. The second-order valence-corrected chi connectivity index (χ2v) is 10.2. The number of nitrogens with one attached hydrogen (secondary N) is 1. The van der Waals surface area contributed by atoms with E-state index in [-0.39, 0.29) is 17.1 Å². The number of carbonyl (C=O) groups is 2. The summed E-state index contributed by atoms with van der Waals surface area (Å²) in [6.45, 7) is 7.04. The largest absolute Gasteiger partial charge is 0.462 e. The molecule has 0 aliphatic heterocycles. The number of hydrogen-bond acceptors (Lipinski definition) is 5. The van der Waals surface area contributed by atoms with Crippen LogP contribution in [-0.4, -0.2) is 28.3 Å². The Hall–Kier alpha value is -2.25. The van der Waals surface area contributed by atoms with Crippen molar-refractivity contribution in [3.63, 3.8) is 0 Å². The van der Waals surface area contributed by atoms with E-state index in [1.807, 2.05) is 19.1 Å². The van der Waals surface area contributed by atoms with E-state index in [0.717, 1.165) is 48.1 Å². The number of aryl methyl sites for hydroxylation is 2. The Bertz CT molecular complexity index is 1120. The van der Waals surface area contributed by atoms with E-state index in [1.54, 1.807) is 18.7 Å². The van der Waals surface area contributed by atoms with E-state index < -0.39 is 0 Å². The summed E-state index contributed by atoms with van der Waals surface area (Å²) in [6, 6.07) is 8.27. The summed E-state index contributed by atoms with van der Waals surface area (Å²) in [7, 11) is 0. The Kier molecular flexibility index (Phi) is 6.72. The van der Waals surface area contributed by atoms with Crippen LogP contribution in [0.3, 0.4) is 0 Å². The zero-order chi connectivity index (χ0) is 22.0. The number of rotatable bonds is 7. The predicted molar refractivity (Wildman–Crippen MR) is 128 cm³/mol. The van der Waals surface area contributed by atoms with Gasteiger partial charge in [-0.2, -0.15) is 0 Å². The number of thiophene rings is 1. The minimum absolute atomic E-state index is 0.0949. The molecular formula is C24H28N2O3S2. The molecule has 1 atom stereocenters. The van der Waals surface area contributed by atoms with E-state index in [9.17, 15) is 9.59 Å². The van der Waals surface area contributed by atoms with Crippen molar-refractivity contribution in [1.82, 2.24) is 4.57 Å². The third-order valence-electron chi connectivity index (χ3n) is 5.65. The Morgan fingerprint density at radius 2 is 2.00 bits per heavy atom. The normalized spacial score (nSPS) is 14.3. The van der Waals surface area contributed by atoms with Gasteiger partial charge in [-0.3, -0.25) is 4.79 Å². The fourth-order valence-corrected chi connectivity index (χ4v) is 6.41. The van der Waals surface area contributed by atoms with Crippen LogP contribution in [0.2, 0.25) is 0 Å². The highest BCUT2D eigenvalue weighted by Crippen LogP contribution is 2.39. The topological polar surface area (TPSA) is 60.3 Å². The van der Waals surface area contributed by atoms with Gasteiger partial charge in [-0.05, 0) is 58.1 Å². The monoisotopic (exact) mass is 456 g/mol. The number of para-hydroxylation sites is 1. The number of aromatic nitrogens is 1. The third-order valence-corrected chi connectivity index (χ3v) is 8.01. The number of thioether (sulfide) groups is 1. The standard InChI is InChI=1S/C24H28N2O3S2/c1-4-26-14-20(16-10-6-8-12-18(16)26)30-15(3)22(27)25-23-21(24(28)29-5-2)17-11-7-9-13-19(17)31-23/h6,8,10,12,14-15H,4-5,7,9,11,13H2,1-3H3,(H,25,27). The summed E-state index contributed by atoms with van der Waals surface area (Å²) >= 11 is 3.08. The van der Waals surface area contributed by atoms with Crippen molar-refractivity contribution in [2.45, 2.75) is 63.1 Å². The van der Waals surface area contributed by atoms with Crippen LogP contribution in [0.25, 0.3) is 10.9 Å². The molecule has 31 heavy (non-hydrogen) atoms. The first-order valence-electron chi connectivity index (χ1n) is 10.9. The van der Waals surface area contributed by atoms with Crippen LogP contribution in [0.15, 0.2) is 35.4 Å². The number of ether oxygens (including phenoxy) is 1. The molecule has 1 aliphatic rings. The lowest BCUT2D eigenvalue weighted by atomic mass is 9.95. The van der Waals surface area contributed by atoms with Crippen molar-refractivity contribution in [3.8, 4) is 0 Å². The molecule has 2 aromatic heterocycles. The highest BCUT2D eigenvalue weighted by atomic mass is 32.2. The number of nitrogens with zero attached hydrogens (tertiary/aromatic N) is 1. The maximum Gasteiger partial charge on any atom is 0.341 e. The first kappa shape index (κ1) is 22.0. The molecule has 3 aromatic rings. The first-order valence-corrected chi connectivity index (χ1v) is 12.6. The number of amides is 1. The molecule has 4 rings (SSSR count). The molecule has 164 valence electrons. The molecule has 0 bridgehead atoms. The smallest absolute Gasteiger partial charge is 0.341 e. The minimum Gasteiger partial charge on any atom is -0.462 e. The average Bonchev–Trinajstić information content (AvgIpc) is 3.31. The van der Waals surface area contributed by atoms with Crippen molar-refractivity contribution in [1.29, 1.82) is 0 Å². The zero-order valence-electron chi connectivity index (χ0n) is 18.2. The lowest BCUT2D eigenvalue weighted by Crippen LogP contribution is -2.23. The third kappa shape index (κ3) is 4.39. The average molecular weight is 457 g/mol. The van der Waals surface area contributed by atoms with Gasteiger partial charge in [-0.25, -0.2) is 4.79 Å². The fraction of sp³-hybridized carbons (Fsp3) is 0.417. The van der Waals surface area contributed by atoms with Crippen molar-refractivity contribution in [3.05, 3.63) is 46.5 Å². The molecule has 0 radical (unpaired) electrons.